The van der Waals surface area contributed by atoms with Gasteiger partial charge in [0.15, 0.2) is 0 Å². The van der Waals surface area contributed by atoms with E-state index in [2.05, 4.69) is 113 Å². The van der Waals surface area contributed by atoms with E-state index in [1.165, 1.54) is 108 Å². The SMILES string of the molecule is Cc1ccc2c(c1)c1cc(C)c3c4c(C)cc5c6cc(C)ccc6c6cccc7c8c(=N)c(=N)c9c%10cccc2c%10c1c3c9c8c4c5c67. The van der Waals surface area contributed by atoms with Crippen LogP contribution < -0.4 is 10.7 Å². The van der Waals surface area contributed by atoms with Gasteiger partial charge in [-0.25, -0.2) is 0 Å². The molecular formula is C46H28N2. The molecule has 12 rings (SSSR count). The molecule has 2 nitrogen and oxygen atoms in total. The van der Waals surface area contributed by atoms with Crippen molar-refractivity contribution in [3.8, 4) is 0 Å². The predicted octanol–water partition coefficient (Wildman–Crippen LogP) is 11.8. The van der Waals surface area contributed by atoms with E-state index >= 15 is 0 Å². The summed E-state index contributed by atoms with van der Waals surface area (Å²) in [6.45, 7) is 8.95. The second kappa shape index (κ2) is 7.81. The Hall–Kier alpha value is -5.86. The third-order valence-corrected chi connectivity index (χ3v) is 12.0. The quantitative estimate of drug-likeness (QED) is 0.127. The van der Waals surface area contributed by atoms with E-state index in [-0.39, 0.29) is 0 Å². The molecule has 2 heteroatoms. The Bertz CT molecular complexity index is 3330. The maximum Gasteiger partial charge on any atom is 0.0880 e. The zero-order valence-electron chi connectivity index (χ0n) is 27.1. The number of nitrogens with one attached hydrogen (secondary N) is 2. The molecule has 2 N–H and O–H groups in total. The number of hydrogen-bond acceptors (Lipinski definition) is 2. The minimum Gasteiger partial charge on any atom is -0.298 e. The van der Waals surface area contributed by atoms with E-state index in [4.69, 9.17) is 0 Å². The Morgan fingerprint density at radius 2 is 0.688 bits per heavy atom. The van der Waals surface area contributed by atoms with Crippen molar-refractivity contribution in [1.29, 1.82) is 10.8 Å². The van der Waals surface area contributed by atoms with Crippen molar-refractivity contribution in [3.05, 3.63) is 118 Å². The largest absolute Gasteiger partial charge is 0.298 e. The number of hydrogen-bond donors (Lipinski definition) is 2. The number of fused-ring (bicyclic) bond motifs is 9. The van der Waals surface area contributed by atoms with Gasteiger partial charge in [-0.1, -0.05) is 96.1 Å². The highest BCUT2D eigenvalue weighted by Crippen LogP contribution is 2.55. The average Bonchev–Trinajstić information content (AvgIpc) is 3.08. The van der Waals surface area contributed by atoms with E-state index in [1.807, 2.05) is 0 Å². The van der Waals surface area contributed by atoms with Crippen LogP contribution in [0.3, 0.4) is 0 Å². The van der Waals surface area contributed by atoms with E-state index in [0.717, 1.165) is 32.3 Å². The normalized spacial score (nSPS) is 13.2. The molecule has 12 aromatic carbocycles. The van der Waals surface area contributed by atoms with Crippen LogP contribution in [0.4, 0.5) is 0 Å². The second-order valence-electron chi connectivity index (χ2n) is 14.5. The van der Waals surface area contributed by atoms with E-state index in [1.54, 1.807) is 0 Å². The summed E-state index contributed by atoms with van der Waals surface area (Å²) >= 11 is 0. The lowest BCUT2D eigenvalue weighted by Crippen LogP contribution is -2.25. The van der Waals surface area contributed by atoms with Crippen LogP contribution in [-0.4, -0.2) is 0 Å². The van der Waals surface area contributed by atoms with E-state index in [0.29, 0.717) is 10.7 Å². The van der Waals surface area contributed by atoms with Crippen molar-refractivity contribution in [3.63, 3.8) is 0 Å². The molecule has 0 aromatic heterocycles. The molecule has 0 aliphatic rings. The molecule has 12 aromatic rings. The Morgan fingerprint density at radius 3 is 1.12 bits per heavy atom. The minimum atomic E-state index is 0.329. The number of benzene rings is 12. The summed E-state index contributed by atoms with van der Waals surface area (Å²) in [4.78, 5) is 0. The maximum atomic E-state index is 9.80. The highest BCUT2D eigenvalue weighted by molar-refractivity contribution is 6.54. The van der Waals surface area contributed by atoms with Gasteiger partial charge in [-0.2, -0.15) is 0 Å². The molecule has 0 radical (unpaired) electrons. The monoisotopic (exact) mass is 608 g/mol. The van der Waals surface area contributed by atoms with Crippen LogP contribution in [0.1, 0.15) is 22.3 Å². The van der Waals surface area contributed by atoms with Crippen molar-refractivity contribution in [2.24, 2.45) is 0 Å². The fourth-order valence-corrected chi connectivity index (χ4v) is 10.3. The summed E-state index contributed by atoms with van der Waals surface area (Å²) in [7, 11) is 0. The first kappa shape index (κ1) is 25.3. The van der Waals surface area contributed by atoms with Crippen LogP contribution in [0.15, 0.2) is 84.9 Å². The first-order valence-electron chi connectivity index (χ1n) is 16.9. The van der Waals surface area contributed by atoms with Crippen molar-refractivity contribution in [1.82, 2.24) is 0 Å². The first-order chi connectivity index (χ1) is 23.3. The van der Waals surface area contributed by atoms with Gasteiger partial charge in [0.1, 0.15) is 0 Å². The molecule has 0 spiro atoms. The van der Waals surface area contributed by atoms with Crippen LogP contribution >= 0.6 is 0 Å². The standard InChI is InChI=1S/C46H28N2/c1-19-11-13-23-25-7-5-9-27-35(25)37-31(29(23)15-19)17-21(3)33-34-22(4)18-32-30-16-20(2)12-14-24(30)26-8-6-10-28-36(26)38(32)42(34)44-40(28)46(48)45(47)39(27)43(44)41(33)37/h5-18,47-48H,1-4H3. The zero-order valence-corrected chi connectivity index (χ0v) is 27.1. The Balaban J connectivity index is 1.57. The molecule has 0 atom stereocenters. The Kier molecular flexibility index (Phi) is 4.11. The van der Waals surface area contributed by atoms with Gasteiger partial charge < -0.3 is 0 Å². The van der Waals surface area contributed by atoms with Gasteiger partial charge in [-0.3, -0.25) is 10.8 Å². The summed E-state index contributed by atoms with van der Waals surface area (Å²) in [6.07, 6.45) is 0. The van der Waals surface area contributed by atoms with Crippen LogP contribution in [0, 0.1) is 38.5 Å². The lowest BCUT2D eigenvalue weighted by Gasteiger charge is -2.27. The molecule has 0 aliphatic heterocycles. The molecule has 222 valence electrons. The minimum absolute atomic E-state index is 0.329. The summed E-state index contributed by atoms with van der Waals surface area (Å²) in [6, 6.07) is 31.8. The lowest BCUT2D eigenvalue weighted by atomic mass is 9.75. The first-order valence-corrected chi connectivity index (χ1v) is 16.9. The third kappa shape index (κ3) is 2.52. The lowest BCUT2D eigenvalue weighted by molar-refractivity contribution is 1.19. The van der Waals surface area contributed by atoms with Gasteiger partial charge in [0.25, 0.3) is 0 Å². The summed E-state index contributed by atoms with van der Waals surface area (Å²) in [5.41, 5.74) is 5.05. The molecule has 0 amide bonds. The van der Waals surface area contributed by atoms with Crippen LogP contribution in [0.25, 0.3) is 118 Å². The number of rotatable bonds is 0. The molecule has 0 unspecified atom stereocenters. The fraction of sp³-hybridized carbons (Fsp3) is 0.0870. The predicted molar refractivity (Wildman–Crippen MR) is 206 cm³/mol. The van der Waals surface area contributed by atoms with Crippen molar-refractivity contribution in [2.75, 3.05) is 0 Å². The fourth-order valence-electron chi connectivity index (χ4n) is 10.3. The topological polar surface area (TPSA) is 47.7 Å². The van der Waals surface area contributed by atoms with Crippen molar-refractivity contribution < 1.29 is 0 Å². The maximum absolute atomic E-state index is 9.80. The van der Waals surface area contributed by atoms with Crippen LogP contribution in [-0.2, 0) is 0 Å². The highest BCUT2D eigenvalue weighted by Gasteiger charge is 2.29. The molecule has 0 saturated heterocycles. The van der Waals surface area contributed by atoms with Gasteiger partial charge in [0.2, 0.25) is 0 Å². The summed E-state index contributed by atoms with van der Waals surface area (Å²) in [5, 5.41) is 46.9. The van der Waals surface area contributed by atoms with Gasteiger partial charge in [-0.15, -0.1) is 0 Å². The van der Waals surface area contributed by atoms with E-state index in [9.17, 15) is 10.8 Å². The van der Waals surface area contributed by atoms with Crippen molar-refractivity contribution in [2.45, 2.75) is 27.7 Å². The third-order valence-electron chi connectivity index (χ3n) is 12.0. The number of aryl methyl sites for hydroxylation is 4. The van der Waals surface area contributed by atoms with Crippen LogP contribution in [0.2, 0.25) is 0 Å². The zero-order chi connectivity index (χ0) is 32.1. The van der Waals surface area contributed by atoms with E-state index < -0.39 is 0 Å². The molecule has 0 saturated carbocycles. The Labute approximate surface area is 274 Å². The molecule has 0 heterocycles. The van der Waals surface area contributed by atoms with Gasteiger partial charge in [-0.05, 0) is 136 Å². The highest BCUT2D eigenvalue weighted by atomic mass is 14.5. The molecule has 48 heavy (non-hydrogen) atoms. The molecular weight excluding hydrogens is 581 g/mol. The molecule has 0 bridgehead atoms. The smallest absolute Gasteiger partial charge is 0.0880 e. The Morgan fingerprint density at radius 1 is 0.292 bits per heavy atom. The summed E-state index contributed by atoms with van der Waals surface area (Å²) in [5.74, 6) is 0. The van der Waals surface area contributed by atoms with Gasteiger partial charge in [0, 0.05) is 21.5 Å². The molecule has 0 aliphatic carbocycles. The average molecular weight is 609 g/mol. The second-order valence-corrected chi connectivity index (χ2v) is 14.5. The van der Waals surface area contributed by atoms with Crippen LogP contribution in [0.5, 0.6) is 0 Å². The summed E-state index contributed by atoms with van der Waals surface area (Å²) < 4.78 is 0. The van der Waals surface area contributed by atoms with Gasteiger partial charge in [0.05, 0.1) is 10.7 Å². The molecule has 0 fully saturated rings. The van der Waals surface area contributed by atoms with Gasteiger partial charge >= 0.3 is 0 Å². The van der Waals surface area contributed by atoms with Crippen molar-refractivity contribution >= 4 is 118 Å².